The first kappa shape index (κ1) is 24.0. The molecule has 2 aromatic rings. The molecule has 2 aromatic carbocycles. The molecule has 0 atom stereocenters. The van der Waals surface area contributed by atoms with Crippen molar-refractivity contribution < 1.29 is 14.2 Å². The third-order valence-electron chi connectivity index (χ3n) is 3.75. The van der Waals surface area contributed by atoms with Gasteiger partial charge in [-0.15, -0.1) is 24.0 Å². The van der Waals surface area contributed by atoms with Crippen molar-refractivity contribution >= 4 is 35.6 Å². The Kier molecular flexibility index (Phi) is 9.54. The Bertz CT molecular complexity index is 789. The summed E-state index contributed by atoms with van der Waals surface area (Å²) >= 11 is 0. The summed E-state index contributed by atoms with van der Waals surface area (Å²) in [5.41, 5.74) is 8.81. The lowest BCUT2D eigenvalue weighted by atomic mass is 10.1. The van der Waals surface area contributed by atoms with Gasteiger partial charge in [0.1, 0.15) is 0 Å². The number of nitrogens with two attached hydrogens (primary N) is 1. The first-order chi connectivity index (χ1) is 12.8. The van der Waals surface area contributed by atoms with E-state index in [9.17, 15) is 0 Å². The monoisotopic (exact) mass is 499 g/mol. The molecular weight excluding hydrogens is 469 g/mol. The molecule has 0 amide bonds. The van der Waals surface area contributed by atoms with Crippen molar-refractivity contribution in [3.8, 4) is 11.5 Å². The number of ether oxygens (including phenoxy) is 3. The van der Waals surface area contributed by atoms with E-state index in [-0.39, 0.29) is 29.6 Å². The topological polar surface area (TPSA) is 78.1 Å². The second kappa shape index (κ2) is 11.1. The maximum absolute atomic E-state index is 6.01. The van der Waals surface area contributed by atoms with E-state index in [0.29, 0.717) is 30.6 Å². The highest BCUT2D eigenvalue weighted by Gasteiger charge is 2.10. The van der Waals surface area contributed by atoms with Crippen LogP contribution in [0.1, 0.15) is 31.9 Å². The molecule has 0 aliphatic rings. The Hall–Kier alpha value is -2.00. The van der Waals surface area contributed by atoms with E-state index in [1.54, 1.807) is 14.2 Å². The summed E-state index contributed by atoms with van der Waals surface area (Å²) in [6, 6.07) is 13.6. The molecule has 3 N–H and O–H groups in total. The van der Waals surface area contributed by atoms with Gasteiger partial charge >= 0.3 is 0 Å². The van der Waals surface area contributed by atoms with Crippen LogP contribution in [0.15, 0.2) is 47.5 Å². The fourth-order valence-corrected chi connectivity index (χ4v) is 2.40. The van der Waals surface area contributed by atoms with Gasteiger partial charge in [0.15, 0.2) is 17.5 Å². The average molecular weight is 499 g/mol. The number of aliphatic imine (C=N–C) groups is 1. The van der Waals surface area contributed by atoms with Crippen LogP contribution in [0.25, 0.3) is 0 Å². The minimum atomic E-state index is -0.165. The number of methoxy groups -OCH3 is 2. The Morgan fingerprint density at radius 1 is 1.00 bits per heavy atom. The van der Waals surface area contributed by atoms with E-state index < -0.39 is 0 Å². The highest BCUT2D eigenvalue weighted by Crippen LogP contribution is 2.29. The summed E-state index contributed by atoms with van der Waals surface area (Å²) < 4.78 is 16.3. The standard InChI is InChI=1S/C21H29N3O3.HI/c1-21(2,3)27-14-16-8-6-7-15(11-16)13-23-20(22)24-17-9-10-18(25-4)19(12-17)26-5;/h6-12H,13-14H2,1-5H3,(H3,22,23,24);1H. The third-order valence-corrected chi connectivity index (χ3v) is 3.75. The van der Waals surface area contributed by atoms with Crippen LogP contribution in [-0.2, 0) is 17.9 Å². The quantitative estimate of drug-likeness (QED) is 0.332. The third kappa shape index (κ3) is 7.93. The summed E-state index contributed by atoms with van der Waals surface area (Å²) in [6.07, 6.45) is 0. The molecule has 0 bridgehead atoms. The SMILES string of the molecule is COc1ccc(NC(N)=NCc2cccc(COC(C)(C)C)c2)cc1OC.I. The molecule has 0 spiro atoms. The molecule has 0 saturated heterocycles. The van der Waals surface area contributed by atoms with Gasteiger partial charge in [-0.1, -0.05) is 24.3 Å². The van der Waals surface area contributed by atoms with E-state index in [1.165, 1.54) is 0 Å². The van der Waals surface area contributed by atoms with Gasteiger partial charge in [0, 0.05) is 11.8 Å². The summed E-state index contributed by atoms with van der Waals surface area (Å²) in [5.74, 6) is 1.62. The van der Waals surface area contributed by atoms with Crippen LogP contribution in [0.3, 0.4) is 0 Å². The number of hydrogen-bond donors (Lipinski definition) is 2. The minimum Gasteiger partial charge on any atom is -0.493 e. The van der Waals surface area contributed by atoms with Gasteiger partial charge in [-0.05, 0) is 44.0 Å². The van der Waals surface area contributed by atoms with Crippen LogP contribution in [0.4, 0.5) is 5.69 Å². The van der Waals surface area contributed by atoms with E-state index >= 15 is 0 Å². The molecule has 0 aliphatic heterocycles. The Balaban J connectivity index is 0.00000392. The van der Waals surface area contributed by atoms with Crippen LogP contribution < -0.4 is 20.5 Å². The van der Waals surface area contributed by atoms with Crippen LogP contribution in [0.2, 0.25) is 0 Å². The summed E-state index contributed by atoms with van der Waals surface area (Å²) in [5, 5.41) is 3.07. The lowest BCUT2D eigenvalue weighted by Crippen LogP contribution is -2.22. The van der Waals surface area contributed by atoms with Gasteiger partial charge in [-0.3, -0.25) is 0 Å². The molecule has 0 fully saturated rings. The number of rotatable bonds is 7. The molecule has 7 heteroatoms. The number of benzene rings is 2. The molecule has 154 valence electrons. The molecule has 0 radical (unpaired) electrons. The molecule has 6 nitrogen and oxygen atoms in total. The molecule has 0 unspecified atom stereocenters. The summed E-state index contributed by atoms with van der Waals surface area (Å²) in [6.45, 7) is 7.18. The minimum absolute atomic E-state index is 0. The lowest BCUT2D eigenvalue weighted by molar-refractivity contribution is -0.0149. The lowest BCUT2D eigenvalue weighted by Gasteiger charge is -2.19. The van der Waals surface area contributed by atoms with Gasteiger partial charge in [0.05, 0.1) is 33.0 Å². The molecule has 28 heavy (non-hydrogen) atoms. The predicted octanol–water partition coefficient (Wildman–Crippen LogP) is 4.56. The number of hydrogen-bond acceptors (Lipinski definition) is 4. The van der Waals surface area contributed by atoms with Crippen LogP contribution >= 0.6 is 24.0 Å². The molecule has 2 rings (SSSR count). The predicted molar refractivity (Wildman–Crippen MR) is 125 cm³/mol. The number of nitrogens with zero attached hydrogens (tertiary/aromatic N) is 1. The summed E-state index contributed by atoms with van der Waals surface area (Å²) in [4.78, 5) is 4.41. The van der Waals surface area contributed by atoms with Gasteiger partial charge in [-0.25, -0.2) is 4.99 Å². The molecule has 0 heterocycles. The van der Waals surface area contributed by atoms with Crippen LogP contribution in [0.5, 0.6) is 11.5 Å². The maximum Gasteiger partial charge on any atom is 0.193 e. The number of nitrogens with one attached hydrogen (secondary N) is 1. The zero-order chi connectivity index (χ0) is 19.9. The van der Waals surface area contributed by atoms with Crippen molar-refractivity contribution in [1.82, 2.24) is 0 Å². The zero-order valence-corrected chi connectivity index (χ0v) is 19.4. The number of halogens is 1. The zero-order valence-electron chi connectivity index (χ0n) is 17.1. The number of anilines is 1. The van der Waals surface area contributed by atoms with Crippen molar-refractivity contribution in [2.24, 2.45) is 10.7 Å². The second-order valence-corrected chi connectivity index (χ2v) is 7.12. The average Bonchev–Trinajstić information content (AvgIpc) is 2.64. The van der Waals surface area contributed by atoms with Crippen LogP contribution in [0, 0.1) is 0 Å². The largest absolute Gasteiger partial charge is 0.493 e. The van der Waals surface area contributed by atoms with Crippen molar-refractivity contribution in [2.45, 2.75) is 39.5 Å². The number of guanidine groups is 1. The fourth-order valence-electron chi connectivity index (χ4n) is 2.40. The van der Waals surface area contributed by atoms with Crippen molar-refractivity contribution in [2.75, 3.05) is 19.5 Å². The van der Waals surface area contributed by atoms with Gasteiger partial charge in [-0.2, -0.15) is 0 Å². The van der Waals surface area contributed by atoms with Gasteiger partial charge < -0.3 is 25.3 Å². The molecule has 0 aromatic heterocycles. The van der Waals surface area contributed by atoms with Crippen molar-refractivity contribution in [3.05, 3.63) is 53.6 Å². The normalized spacial score (nSPS) is 11.5. The smallest absolute Gasteiger partial charge is 0.193 e. The Morgan fingerprint density at radius 2 is 1.68 bits per heavy atom. The van der Waals surface area contributed by atoms with E-state index in [2.05, 4.69) is 16.4 Å². The Morgan fingerprint density at radius 3 is 2.32 bits per heavy atom. The van der Waals surface area contributed by atoms with Gasteiger partial charge in [0.2, 0.25) is 0 Å². The van der Waals surface area contributed by atoms with Crippen molar-refractivity contribution in [1.29, 1.82) is 0 Å². The highest BCUT2D eigenvalue weighted by atomic mass is 127. The molecule has 0 saturated carbocycles. The highest BCUT2D eigenvalue weighted by molar-refractivity contribution is 14.0. The van der Waals surface area contributed by atoms with Crippen molar-refractivity contribution in [3.63, 3.8) is 0 Å². The second-order valence-electron chi connectivity index (χ2n) is 7.12. The Labute approximate surface area is 184 Å². The fraction of sp³-hybridized carbons (Fsp3) is 0.381. The van der Waals surface area contributed by atoms with E-state index in [0.717, 1.165) is 16.8 Å². The van der Waals surface area contributed by atoms with E-state index in [1.807, 2.05) is 57.2 Å². The molecular formula is C21H30IN3O3. The maximum atomic E-state index is 6.01. The first-order valence-electron chi connectivity index (χ1n) is 8.81. The van der Waals surface area contributed by atoms with Crippen LogP contribution in [-0.4, -0.2) is 25.8 Å². The van der Waals surface area contributed by atoms with E-state index in [4.69, 9.17) is 19.9 Å². The summed E-state index contributed by atoms with van der Waals surface area (Å²) in [7, 11) is 3.19. The first-order valence-corrected chi connectivity index (χ1v) is 8.81. The van der Waals surface area contributed by atoms with Gasteiger partial charge in [0.25, 0.3) is 0 Å². The molecule has 0 aliphatic carbocycles.